The Balaban J connectivity index is 1.18. The fourth-order valence-corrected chi connectivity index (χ4v) is 6.09. The lowest BCUT2D eigenvalue weighted by atomic mass is 9.73. The SMILES string of the molecule is Cc1nnc(C2CCCCN2C(=O)CN2CCC3(CCCCc4ccccc4OCCNC3=O)CC2)o1. The summed E-state index contributed by atoms with van der Waals surface area (Å²) in [5, 5.41) is 11.3. The minimum absolute atomic E-state index is 0.107. The third kappa shape index (κ3) is 5.98. The summed E-state index contributed by atoms with van der Waals surface area (Å²) >= 11 is 0. The number of aromatic nitrogens is 2. The van der Waals surface area contributed by atoms with E-state index in [1.54, 1.807) is 6.92 Å². The molecule has 1 atom stereocenters. The number of hydrogen-bond donors (Lipinski definition) is 1. The zero-order chi connectivity index (χ0) is 25.7. The zero-order valence-electron chi connectivity index (χ0n) is 21.9. The van der Waals surface area contributed by atoms with Crippen molar-refractivity contribution in [1.29, 1.82) is 0 Å². The summed E-state index contributed by atoms with van der Waals surface area (Å²) in [5.74, 6) is 2.24. The summed E-state index contributed by atoms with van der Waals surface area (Å²) in [6.45, 7) is 5.33. The fraction of sp³-hybridized carbons (Fsp3) is 0.643. The topological polar surface area (TPSA) is 101 Å². The Kier molecular flexibility index (Phi) is 8.08. The van der Waals surface area contributed by atoms with Gasteiger partial charge in [-0.3, -0.25) is 14.5 Å². The molecule has 1 spiro atoms. The van der Waals surface area contributed by atoms with Crippen molar-refractivity contribution in [3.8, 4) is 5.75 Å². The molecule has 0 saturated carbocycles. The minimum Gasteiger partial charge on any atom is -0.491 e. The standard InChI is InChI=1S/C28H39N5O4/c1-21-30-31-26(37-21)23-10-5-7-16-33(23)25(34)20-32-17-13-28(14-18-32)12-6-4-9-22-8-2-3-11-24(22)36-19-15-29-27(28)35/h2-3,8,11,23H,4-7,9-10,12-20H2,1H3,(H,29,35). The van der Waals surface area contributed by atoms with Crippen LogP contribution in [0, 0.1) is 12.3 Å². The van der Waals surface area contributed by atoms with Crippen LogP contribution >= 0.6 is 0 Å². The van der Waals surface area contributed by atoms with E-state index in [9.17, 15) is 9.59 Å². The quantitative estimate of drug-likeness (QED) is 0.676. The number of fused-ring (bicyclic) bond motifs is 1. The smallest absolute Gasteiger partial charge is 0.238 e. The van der Waals surface area contributed by atoms with Crippen molar-refractivity contribution < 1.29 is 18.7 Å². The summed E-state index contributed by atoms with van der Waals surface area (Å²) in [4.78, 5) is 30.8. The highest BCUT2D eigenvalue weighted by molar-refractivity contribution is 5.83. The average Bonchev–Trinajstić information content (AvgIpc) is 3.36. The molecule has 1 aromatic heterocycles. The number of benzene rings is 1. The molecule has 2 fully saturated rings. The number of hydrogen-bond acceptors (Lipinski definition) is 7. The van der Waals surface area contributed by atoms with Crippen LogP contribution < -0.4 is 10.1 Å². The van der Waals surface area contributed by atoms with Crippen molar-refractivity contribution in [2.75, 3.05) is 39.3 Å². The van der Waals surface area contributed by atoms with Gasteiger partial charge >= 0.3 is 0 Å². The Hall–Kier alpha value is -2.94. The van der Waals surface area contributed by atoms with Gasteiger partial charge in [-0.05, 0) is 76.1 Å². The third-order valence-corrected chi connectivity index (χ3v) is 8.27. The first-order valence-electron chi connectivity index (χ1n) is 13.8. The molecule has 5 rings (SSSR count). The molecule has 1 N–H and O–H groups in total. The molecule has 3 aliphatic rings. The van der Waals surface area contributed by atoms with E-state index in [4.69, 9.17) is 9.15 Å². The summed E-state index contributed by atoms with van der Waals surface area (Å²) in [7, 11) is 0. The molecule has 2 aromatic rings. The maximum atomic E-state index is 13.3. The van der Waals surface area contributed by atoms with Crippen molar-refractivity contribution in [1.82, 2.24) is 25.3 Å². The Bertz CT molecular complexity index is 1080. The van der Waals surface area contributed by atoms with Gasteiger partial charge in [-0.25, -0.2) is 0 Å². The van der Waals surface area contributed by atoms with Gasteiger partial charge in [0.05, 0.1) is 18.5 Å². The summed E-state index contributed by atoms with van der Waals surface area (Å²) in [5.41, 5.74) is 0.871. The zero-order valence-corrected chi connectivity index (χ0v) is 21.9. The maximum Gasteiger partial charge on any atom is 0.238 e. The summed E-state index contributed by atoms with van der Waals surface area (Å²) < 4.78 is 11.6. The second-order valence-corrected chi connectivity index (χ2v) is 10.7. The molecule has 200 valence electrons. The lowest BCUT2D eigenvalue weighted by Gasteiger charge is -2.42. The first-order chi connectivity index (χ1) is 18.0. The van der Waals surface area contributed by atoms with Crippen molar-refractivity contribution in [2.45, 2.75) is 70.8 Å². The van der Waals surface area contributed by atoms with Crippen LogP contribution in [0.5, 0.6) is 5.75 Å². The molecule has 0 radical (unpaired) electrons. The van der Waals surface area contributed by atoms with Gasteiger partial charge in [0.15, 0.2) is 0 Å². The number of carbonyl (C=O) groups is 2. The Morgan fingerprint density at radius 1 is 1.08 bits per heavy atom. The number of ether oxygens (including phenoxy) is 1. The van der Waals surface area contributed by atoms with Crippen molar-refractivity contribution in [3.05, 3.63) is 41.6 Å². The van der Waals surface area contributed by atoms with Crippen LogP contribution in [0.3, 0.4) is 0 Å². The molecule has 9 nitrogen and oxygen atoms in total. The van der Waals surface area contributed by atoms with Gasteiger partial charge in [-0.15, -0.1) is 10.2 Å². The molecule has 1 aromatic carbocycles. The van der Waals surface area contributed by atoms with Crippen LogP contribution in [0.25, 0.3) is 0 Å². The number of nitrogens with zero attached hydrogens (tertiary/aromatic N) is 4. The monoisotopic (exact) mass is 509 g/mol. The number of rotatable bonds is 3. The predicted molar refractivity (Wildman–Crippen MR) is 138 cm³/mol. The predicted octanol–water partition coefficient (Wildman–Crippen LogP) is 3.44. The number of piperidine rings is 2. The first kappa shape index (κ1) is 25.7. The molecule has 2 amide bonds. The Morgan fingerprint density at radius 3 is 2.73 bits per heavy atom. The lowest BCUT2D eigenvalue weighted by molar-refractivity contribution is -0.139. The molecule has 3 aliphatic heterocycles. The molecule has 2 saturated heterocycles. The summed E-state index contributed by atoms with van der Waals surface area (Å²) in [6, 6.07) is 8.06. The van der Waals surface area contributed by atoms with E-state index in [1.807, 2.05) is 17.0 Å². The van der Waals surface area contributed by atoms with Gasteiger partial charge < -0.3 is 19.4 Å². The highest BCUT2D eigenvalue weighted by atomic mass is 16.5. The van der Waals surface area contributed by atoms with E-state index in [1.165, 1.54) is 5.56 Å². The number of carbonyl (C=O) groups excluding carboxylic acids is 2. The van der Waals surface area contributed by atoms with Gasteiger partial charge in [-0.1, -0.05) is 24.6 Å². The van der Waals surface area contributed by atoms with Crippen LogP contribution in [0.2, 0.25) is 0 Å². The highest BCUT2D eigenvalue weighted by Crippen LogP contribution is 2.38. The number of amides is 2. The van der Waals surface area contributed by atoms with Gasteiger partial charge in [0.25, 0.3) is 0 Å². The van der Waals surface area contributed by atoms with Gasteiger partial charge in [0, 0.05) is 13.5 Å². The van der Waals surface area contributed by atoms with E-state index in [0.717, 1.165) is 83.2 Å². The maximum absolute atomic E-state index is 13.3. The van der Waals surface area contributed by atoms with E-state index in [-0.39, 0.29) is 23.3 Å². The Labute approximate surface area is 218 Å². The number of likely N-dealkylation sites (tertiary alicyclic amines) is 2. The van der Waals surface area contributed by atoms with Gasteiger partial charge in [0.1, 0.15) is 18.4 Å². The van der Waals surface area contributed by atoms with Gasteiger partial charge in [-0.2, -0.15) is 0 Å². The third-order valence-electron chi connectivity index (χ3n) is 8.27. The van der Waals surface area contributed by atoms with E-state index in [2.05, 4.69) is 32.5 Å². The molecule has 4 heterocycles. The molecular formula is C28H39N5O4. The second-order valence-electron chi connectivity index (χ2n) is 10.7. The van der Waals surface area contributed by atoms with Crippen LogP contribution in [0.4, 0.5) is 0 Å². The summed E-state index contributed by atoms with van der Waals surface area (Å²) in [6.07, 6.45) is 8.32. The minimum atomic E-state index is -0.368. The number of nitrogens with one attached hydrogen (secondary N) is 1. The average molecular weight is 510 g/mol. The first-order valence-corrected chi connectivity index (χ1v) is 13.8. The molecular weight excluding hydrogens is 470 g/mol. The molecule has 37 heavy (non-hydrogen) atoms. The largest absolute Gasteiger partial charge is 0.491 e. The highest BCUT2D eigenvalue weighted by Gasteiger charge is 2.41. The lowest BCUT2D eigenvalue weighted by Crippen LogP contribution is -2.52. The molecule has 1 unspecified atom stereocenters. The van der Waals surface area contributed by atoms with Crippen molar-refractivity contribution >= 4 is 11.8 Å². The number of para-hydroxylation sites is 1. The van der Waals surface area contributed by atoms with Crippen molar-refractivity contribution in [2.24, 2.45) is 5.41 Å². The molecule has 9 heteroatoms. The Morgan fingerprint density at radius 2 is 1.92 bits per heavy atom. The van der Waals surface area contributed by atoms with E-state index >= 15 is 0 Å². The number of aryl methyl sites for hydroxylation is 2. The van der Waals surface area contributed by atoms with Gasteiger partial charge in [0.2, 0.25) is 23.6 Å². The molecule has 0 aliphatic carbocycles. The van der Waals surface area contributed by atoms with Crippen molar-refractivity contribution in [3.63, 3.8) is 0 Å². The normalized spacial score (nSPS) is 23.3. The van der Waals surface area contributed by atoms with Crippen LogP contribution in [0.1, 0.15) is 74.8 Å². The fourth-order valence-electron chi connectivity index (χ4n) is 6.09. The van der Waals surface area contributed by atoms with Crippen LogP contribution in [-0.2, 0) is 16.0 Å². The van der Waals surface area contributed by atoms with E-state index in [0.29, 0.717) is 31.5 Å². The van der Waals surface area contributed by atoms with Crippen LogP contribution in [0.15, 0.2) is 28.7 Å². The van der Waals surface area contributed by atoms with Crippen LogP contribution in [-0.4, -0.2) is 71.1 Å². The second kappa shape index (κ2) is 11.6. The molecule has 0 bridgehead atoms. The van der Waals surface area contributed by atoms with E-state index < -0.39 is 0 Å².